The molecule has 6 nitrogen and oxygen atoms in total. The van der Waals surface area contributed by atoms with Crippen LogP contribution in [0.5, 0.6) is 5.75 Å². The summed E-state index contributed by atoms with van der Waals surface area (Å²) in [5, 5.41) is 11.6. The molecule has 0 saturated carbocycles. The van der Waals surface area contributed by atoms with Gasteiger partial charge in [0.15, 0.2) is 0 Å². The third-order valence-corrected chi connectivity index (χ3v) is 6.21. The summed E-state index contributed by atoms with van der Waals surface area (Å²) in [4.78, 5) is 17.7. The van der Waals surface area contributed by atoms with E-state index in [9.17, 15) is 4.79 Å². The SMILES string of the molecule is C=CCN1CCN(/C(C=N)=C(\Oc2ccc(-c3ccccc3)cc2)C(=O)Nc2ccc(Cl)cc2)CC1. The molecule has 0 radical (unpaired) electrons. The molecule has 0 unspecified atom stereocenters. The van der Waals surface area contributed by atoms with Gasteiger partial charge in [-0.2, -0.15) is 0 Å². The van der Waals surface area contributed by atoms with Gasteiger partial charge in [-0.15, -0.1) is 6.58 Å². The minimum absolute atomic E-state index is 0.0737. The first-order chi connectivity index (χ1) is 17.6. The molecule has 3 aromatic carbocycles. The topological polar surface area (TPSA) is 68.7 Å². The molecule has 0 aromatic heterocycles. The van der Waals surface area contributed by atoms with E-state index in [1.54, 1.807) is 24.3 Å². The van der Waals surface area contributed by atoms with Crippen molar-refractivity contribution in [1.82, 2.24) is 9.80 Å². The summed E-state index contributed by atoms with van der Waals surface area (Å²) in [7, 11) is 0. The van der Waals surface area contributed by atoms with E-state index in [-0.39, 0.29) is 5.76 Å². The molecule has 1 amide bonds. The Balaban J connectivity index is 1.61. The van der Waals surface area contributed by atoms with Crippen LogP contribution < -0.4 is 10.1 Å². The highest BCUT2D eigenvalue weighted by Gasteiger charge is 2.25. The minimum Gasteiger partial charge on any atom is -0.449 e. The predicted molar refractivity (Wildman–Crippen MR) is 147 cm³/mol. The van der Waals surface area contributed by atoms with Crippen LogP contribution in [0.15, 0.2) is 103 Å². The van der Waals surface area contributed by atoms with Crippen LogP contribution in [-0.2, 0) is 4.79 Å². The first-order valence-electron chi connectivity index (χ1n) is 11.8. The summed E-state index contributed by atoms with van der Waals surface area (Å²) >= 11 is 5.99. The van der Waals surface area contributed by atoms with Crippen molar-refractivity contribution in [2.75, 3.05) is 38.0 Å². The molecule has 0 atom stereocenters. The largest absolute Gasteiger partial charge is 0.449 e. The van der Waals surface area contributed by atoms with Crippen LogP contribution in [-0.4, -0.2) is 54.6 Å². The molecule has 184 valence electrons. The third-order valence-electron chi connectivity index (χ3n) is 5.96. The summed E-state index contributed by atoms with van der Waals surface area (Å²) in [6.07, 6.45) is 3.08. The summed E-state index contributed by atoms with van der Waals surface area (Å²) in [5.74, 6) is 0.154. The van der Waals surface area contributed by atoms with Gasteiger partial charge in [0.25, 0.3) is 5.91 Å². The smallest absolute Gasteiger partial charge is 0.293 e. The van der Waals surface area contributed by atoms with Gasteiger partial charge in [-0.1, -0.05) is 60.1 Å². The molecule has 1 aliphatic heterocycles. The van der Waals surface area contributed by atoms with Crippen LogP contribution in [0.2, 0.25) is 5.02 Å². The van der Waals surface area contributed by atoms with Crippen LogP contribution >= 0.6 is 11.6 Å². The molecule has 0 aliphatic carbocycles. The number of rotatable bonds is 9. The molecule has 1 heterocycles. The van der Waals surface area contributed by atoms with Crippen molar-refractivity contribution in [3.05, 3.63) is 108 Å². The number of hydrogen-bond donors (Lipinski definition) is 2. The second-order valence-electron chi connectivity index (χ2n) is 8.39. The molecule has 0 spiro atoms. The lowest BCUT2D eigenvalue weighted by molar-refractivity contribution is -0.115. The highest BCUT2D eigenvalue weighted by Crippen LogP contribution is 2.25. The number of piperazine rings is 1. The lowest BCUT2D eigenvalue weighted by Crippen LogP contribution is -2.46. The summed E-state index contributed by atoms with van der Waals surface area (Å²) in [6.45, 7) is 7.58. The van der Waals surface area contributed by atoms with E-state index >= 15 is 0 Å². The molecular weight excluding hydrogens is 472 g/mol. The van der Waals surface area contributed by atoms with Crippen molar-refractivity contribution < 1.29 is 9.53 Å². The monoisotopic (exact) mass is 500 g/mol. The van der Waals surface area contributed by atoms with E-state index in [1.165, 1.54) is 6.21 Å². The minimum atomic E-state index is -0.434. The zero-order valence-electron chi connectivity index (χ0n) is 20.0. The maximum atomic E-state index is 13.4. The second kappa shape index (κ2) is 12.2. The van der Waals surface area contributed by atoms with E-state index in [0.717, 1.165) is 30.8 Å². The number of ether oxygens (including phenoxy) is 1. The Bertz CT molecular complexity index is 1220. The van der Waals surface area contributed by atoms with E-state index in [2.05, 4.69) is 16.8 Å². The Morgan fingerprint density at radius 2 is 1.58 bits per heavy atom. The molecule has 2 N–H and O–H groups in total. The number of carbonyl (C=O) groups is 1. The molecular formula is C29H29ClN4O2. The van der Waals surface area contributed by atoms with Crippen LogP contribution in [0.3, 0.4) is 0 Å². The van der Waals surface area contributed by atoms with Crippen LogP contribution in [0.4, 0.5) is 5.69 Å². The molecule has 7 heteroatoms. The Labute approximate surface area is 217 Å². The lowest BCUT2D eigenvalue weighted by Gasteiger charge is -2.36. The first kappa shape index (κ1) is 25.2. The molecule has 1 saturated heterocycles. The Kier molecular flexibility index (Phi) is 8.55. The summed E-state index contributed by atoms with van der Waals surface area (Å²) in [5.41, 5.74) is 3.17. The summed E-state index contributed by atoms with van der Waals surface area (Å²) < 4.78 is 6.16. The predicted octanol–water partition coefficient (Wildman–Crippen LogP) is 5.69. The van der Waals surface area contributed by atoms with Crippen molar-refractivity contribution in [3.8, 4) is 16.9 Å². The van der Waals surface area contributed by atoms with Crippen molar-refractivity contribution >= 4 is 29.4 Å². The summed E-state index contributed by atoms with van der Waals surface area (Å²) in [6, 6.07) is 24.5. The number of hydrogen-bond acceptors (Lipinski definition) is 5. The van der Waals surface area contributed by atoms with Gasteiger partial charge in [-0.05, 0) is 47.5 Å². The zero-order valence-corrected chi connectivity index (χ0v) is 20.7. The fraction of sp³-hybridized carbons (Fsp3) is 0.172. The highest BCUT2D eigenvalue weighted by atomic mass is 35.5. The maximum absolute atomic E-state index is 13.4. The van der Waals surface area contributed by atoms with Gasteiger partial charge in [0.2, 0.25) is 5.76 Å². The maximum Gasteiger partial charge on any atom is 0.293 e. The van der Waals surface area contributed by atoms with Crippen molar-refractivity contribution in [2.24, 2.45) is 0 Å². The number of carbonyl (C=O) groups excluding carboxylic acids is 1. The Morgan fingerprint density at radius 1 is 0.944 bits per heavy atom. The Hall–Kier alpha value is -3.87. The quantitative estimate of drug-likeness (QED) is 0.171. The van der Waals surface area contributed by atoms with Crippen molar-refractivity contribution in [3.63, 3.8) is 0 Å². The molecule has 3 aromatic rings. The number of amides is 1. The van der Waals surface area contributed by atoms with Crippen LogP contribution in [0.25, 0.3) is 11.1 Å². The van der Waals surface area contributed by atoms with Crippen LogP contribution in [0.1, 0.15) is 0 Å². The number of benzene rings is 3. The highest BCUT2D eigenvalue weighted by molar-refractivity contribution is 6.30. The van der Waals surface area contributed by atoms with E-state index in [1.807, 2.05) is 65.6 Å². The molecule has 1 fully saturated rings. The molecule has 4 rings (SSSR count). The van der Waals surface area contributed by atoms with Crippen molar-refractivity contribution in [2.45, 2.75) is 0 Å². The van der Waals surface area contributed by atoms with Gasteiger partial charge in [-0.3, -0.25) is 9.69 Å². The second-order valence-corrected chi connectivity index (χ2v) is 8.82. The van der Waals surface area contributed by atoms with Gasteiger partial charge in [-0.25, -0.2) is 0 Å². The average Bonchev–Trinajstić information content (AvgIpc) is 2.92. The van der Waals surface area contributed by atoms with Crippen molar-refractivity contribution in [1.29, 1.82) is 5.41 Å². The fourth-order valence-corrected chi connectivity index (χ4v) is 4.18. The average molecular weight is 501 g/mol. The number of halogens is 1. The molecule has 0 bridgehead atoms. The standard InChI is InChI=1S/C29H29ClN4O2/c1-2-16-33-17-19-34(20-18-33)27(21-31)28(29(35)32-25-12-10-24(30)11-13-25)36-26-14-8-23(9-15-26)22-6-4-3-5-7-22/h2-15,21,31H,1,16-20H2,(H,32,35)/b28-27-,31-21?. The van der Waals surface area contributed by atoms with Gasteiger partial charge in [0.05, 0.1) is 0 Å². The normalized spacial score (nSPS) is 14.5. The number of nitrogens with one attached hydrogen (secondary N) is 2. The van der Waals surface area contributed by atoms with E-state index in [0.29, 0.717) is 35.2 Å². The van der Waals surface area contributed by atoms with Crippen LogP contribution in [0, 0.1) is 5.41 Å². The van der Waals surface area contributed by atoms with Gasteiger partial charge < -0.3 is 20.4 Å². The molecule has 1 aliphatic rings. The zero-order chi connectivity index (χ0) is 25.3. The fourth-order valence-electron chi connectivity index (χ4n) is 4.05. The third kappa shape index (κ3) is 6.42. The first-order valence-corrected chi connectivity index (χ1v) is 12.2. The molecule has 36 heavy (non-hydrogen) atoms. The number of anilines is 1. The number of allylic oxidation sites excluding steroid dienone is 1. The lowest BCUT2D eigenvalue weighted by atomic mass is 10.1. The van der Waals surface area contributed by atoms with Gasteiger partial charge in [0.1, 0.15) is 11.4 Å². The number of nitrogens with zero attached hydrogens (tertiary/aromatic N) is 2. The van der Waals surface area contributed by atoms with Gasteiger partial charge >= 0.3 is 0 Å². The Morgan fingerprint density at radius 3 is 2.19 bits per heavy atom. The van der Waals surface area contributed by atoms with Gasteiger partial charge in [0, 0.05) is 49.6 Å². The van der Waals surface area contributed by atoms with E-state index in [4.69, 9.17) is 21.7 Å². The van der Waals surface area contributed by atoms with E-state index < -0.39 is 5.91 Å².